The van der Waals surface area contributed by atoms with Gasteiger partial charge in [-0.25, -0.2) is 4.79 Å². The summed E-state index contributed by atoms with van der Waals surface area (Å²) in [6.45, 7) is 7.35. The summed E-state index contributed by atoms with van der Waals surface area (Å²) in [4.78, 5) is 27.4. The molecule has 6 nitrogen and oxygen atoms in total. The third-order valence-electron chi connectivity index (χ3n) is 5.36. The predicted molar refractivity (Wildman–Crippen MR) is 109 cm³/mol. The number of rotatable bonds is 9. The molecule has 0 bridgehead atoms. The van der Waals surface area contributed by atoms with Crippen LogP contribution in [0, 0.1) is 0 Å². The number of piperidine rings is 1. The van der Waals surface area contributed by atoms with Crippen LogP contribution in [0.1, 0.15) is 45.4 Å². The Morgan fingerprint density at radius 3 is 2.33 bits per heavy atom. The number of carbonyl (C=O) groups excluding carboxylic acids is 1. The van der Waals surface area contributed by atoms with Gasteiger partial charge < -0.3 is 10.2 Å². The van der Waals surface area contributed by atoms with Crippen molar-refractivity contribution in [3.63, 3.8) is 0 Å². The van der Waals surface area contributed by atoms with Crippen LogP contribution in [0.25, 0.3) is 11.0 Å². The summed E-state index contributed by atoms with van der Waals surface area (Å²) in [6.07, 6.45) is 6.18. The quantitative estimate of drug-likeness (QED) is 0.689. The van der Waals surface area contributed by atoms with Crippen LogP contribution in [0.3, 0.4) is 0 Å². The third-order valence-corrected chi connectivity index (χ3v) is 5.36. The molecule has 3 rings (SSSR count). The summed E-state index contributed by atoms with van der Waals surface area (Å²) < 4.78 is 3.55. The molecular weight excluding hydrogens is 340 g/mol. The molecule has 1 saturated heterocycles. The van der Waals surface area contributed by atoms with Crippen LogP contribution in [0.15, 0.2) is 29.1 Å². The highest BCUT2D eigenvalue weighted by molar-refractivity contribution is 5.77. The topological polar surface area (TPSA) is 59.3 Å². The summed E-state index contributed by atoms with van der Waals surface area (Å²) in [7, 11) is 0. The maximum Gasteiger partial charge on any atom is 0.329 e. The monoisotopic (exact) mass is 372 g/mol. The van der Waals surface area contributed by atoms with E-state index >= 15 is 0 Å². The number of amides is 1. The number of benzene rings is 1. The van der Waals surface area contributed by atoms with E-state index in [0.29, 0.717) is 26.1 Å². The fourth-order valence-corrected chi connectivity index (χ4v) is 3.94. The van der Waals surface area contributed by atoms with Gasteiger partial charge in [-0.2, -0.15) is 0 Å². The average Bonchev–Trinajstić information content (AvgIpc) is 2.96. The minimum Gasteiger partial charge on any atom is -0.356 e. The molecule has 148 valence electrons. The first-order chi connectivity index (χ1) is 13.2. The molecule has 2 aromatic rings. The fourth-order valence-electron chi connectivity index (χ4n) is 3.94. The molecule has 27 heavy (non-hydrogen) atoms. The lowest BCUT2D eigenvalue weighted by atomic mass is 10.1. The van der Waals surface area contributed by atoms with Crippen molar-refractivity contribution in [1.82, 2.24) is 19.4 Å². The molecule has 0 spiro atoms. The SMILES string of the molecule is CCCn1c(=O)n(CCC(=O)NCCCN2CCCCC2)c2ccccc21. The van der Waals surface area contributed by atoms with E-state index in [-0.39, 0.29) is 11.6 Å². The first kappa shape index (κ1) is 19.7. The summed E-state index contributed by atoms with van der Waals surface area (Å²) >= 11 is 0. The van der Waals surface area contributed by atoms with Crippen molar-refractivity contribution in [1.29, 1.82) is 0 Å². The number of carbonyl (C=O) groups is 1. The van der Waals surface area contributed by atoms with Gasteiger partial charge >= 0.3 is 5.69 Å². The molecule has 1 aliphatic heterocycles. The van der Waals surface area contributed by atoms with Gasteiger partial charge in [-0.3, -0.25) is 13.9 Å². The summed E-state index contributed by atoms with van der Waals surface area (Å²) in [6, 6.07) is 7.82. The molecule has 1 amide bonds. The van der Waals surface area contributed by atoms with Gasteiger partial charge in [-0.05, 0) is 57.5 Å². The second-order valence-corrected chi connectivity index (χ2v) is 7.43. The number of imidazole rings is 1. The molecular formula is C21H32N4O2. The number of aryl methyl sites for hydroxylation is 2. The average molecular weight is 373 g/mol. The number of nitrogens with one attached hydrogen (secondary N) is 1. The number of fused-ring (bicyclic) bond motifs is 1. The van der Waals surface area contributed by atoms with E-state index in [1.807, 2.05) is 28.8 Å². The summed E-state index contributed by atoms with van der Waals surface area (Å²) in [5, 5.41) is 3.00. The Labute approximate surface area is 161 Å². The molecule has 0 radical (unpaired) electrons. The van der Waals surface area contributed by atoms with Crippen molar-refractivity contribution in [3.8, 4) is 0 Å². The molecule has 1 fully saturated rings. The molecule has 1 aliphatic rings. The van der Waals surface area contributed by atoms with Crippen LogP contribution in [0.5, 0.6) is 0 Å². The number of hydrogen-bond donors (Lipinski definition) is 1. The molecule has 0 unspecified atom stereocenters. The first-order valence-corrected chi connectivity index (χ1v) is 10.4. The fraction of sp³-hybridized carbons (Fsp3) is 0.619. The van der Waals surface area contributed by atoms with Crippen molar-refractivity contribution in [3.05, 3.63) is 34.7 Å². The van der Waals surface area contributed by atoms with Crippen molar-refractivity contribution in [2.24, 2.45) is 0 Å². The smallest absolute Gasteiger partial charge is 0.329 e. The Morgan fingerprint density at radius 2 is 1.67 bits per heavy atom. The Morgan fingerprint density at radius 1 is 1.00 bits per heavy atom. The Kier molecular flexibility index (Phi) is 7.10. The van der Waals surface area contributed by atoms with E-state index in [0.717, 1.165) is 30.4 Å². The van der Waals surface area contributed by atoms with Crippen molar-refractivity contribution >= 4 is 16.9 Å². The van der Waals surface area contributed by atoms with E-state index in [1.165, 1.54) is 32.4 Å². The zero-order valence-corrected chi connectivity index (χ0v) is 16.5. The number of hydrogen-bond acceptors (Lipinski definition) is 3. The van der Waals surface area contributed by atoms with Gasteiger partial charge in [0.15, 0.2) is 0 Å². The Hall–Kier alpha value is -2.08. The highest BCUT2D eigenvalue weighted by Gasteiger charge is 2.13. The van der Waals surface area contributed by atoms with Crippen LogP contribution in [0.4, 0.5) is 0 Å². The van der Waals surface area contributed by atoms with E-state index in [1.54, 1.807) is 4.57 Å². The zero-order chi connectivity index (χ0) is 19.1. The molecule has 2 heterocycles. The lowest BCUT2D eigenvalue weighted by Gasteiger charge is -2.26. The van der Waals surface area contributed by atoms with Gasteiger partial charge in [0.2, 0.25) is 5.91 Å². The largest absolute Gasteiger partial charge is 0.356 e. The molecule has 6 heteroatoms. The maximum atomic E-state index is 12.7. The second-order valence-electron chi connectivity index (χ2n) is 7.43. The minimum absolute atomic E-state index is 0.0176. The summed E-state index contributed by atoms with van der Waals surface area (Å²) in [5.74, 6) is 0.0212. The lowest BCUT2D eigenvalue weighted by Crippen LogP contribution is -2.33. The Bertz CT molecular complexity index is 802. The maximum absolute atomic E-state index is 12.7. The van der Waals surface area contributed by atoms with Crippen LogP contribution < -0.4 is 11.0 Å². The highest BCUT2D eigenvalue weighted by Crippen LogP contribution is 2.13. The van der Waals surface area contributed by atoms with Crippen LogP contribution in [-0.4, -0.2) is 46.1 Å². The van der Waals surface area contributed by atoms with Crippen LogP contribution in [-0.2, 0) is 17.9 Å². The molecule has 1 aromatic carbocycles. The number of para-hydroxylation sites is 2. The highest BCUT2D eigenvalue weighted by atomic mass is 16.2. The zero-order valence-electron chi connectivity index (χ0n) is 16.5. The van der Waals surface area contributed by atoms with E-state index in [4.69, 9.17) is 0 Å². The normalized spacial score (nSPS) is 15.3. The van der Waals surface area contributed by atoms with Crippen molar-refractivity contribution < 1.29 is 4.79 Å². The van der Waals surface area contributed by atoms with Crippen molar-refractivity contribution in [2.75, 3.05) is 26.2 Å². The van der Waals surface area contributed by atoms with Gasteiger partial charge in [0.25, 0.3) is 0 Å². The van der Waals surface area contributed by atoms with Crippen LogP contribution >= 0.6 is 0 Å². The molecule has 0 saturated carbocycles. The number of likely N-dealkylation sites (tertiary alicyclic amines) is 1. The second kappa shape index (κ2) is 9.74. The van der Waals surface area contributed by atoms with E-state index < -0.39 is 0 Å². The van der Waals surface area contributed by atoms with E-state index in [2.05, 4.69) is 17.1 Å². The Balaban J connectivity index is 1.50. The summed E-state index contributed by atoms with van der Waals surface area (Å²) in [5.41, 5.74) is 1.84. The van der Waals surface area contributed by atoms with Gasteiger partial charge in [-0.1, -0.05) is 25.5 Å². The molecule has 0 aliphatic carbocycles. The molecule has 0 atom stereocenters. The third kappa shape index (κ3) is 5.01. The van der Waals surface area contributed by atoms with Gasteiger partial charge in [-0.15, -0.1) is 0 Å². The van der Waals surface area contributed by atoms with Gasteiger partial charge in [0.05, 0.1) is 11.0 Å². The van der Waals surface area contributed by atoms with E-state index in [9.17, 15) is 9.59 Å². The number of nitrogens with zero attached hydrogens (tertiary/aromatic N) is 3. The molecule has 1 N–H and O–H groups in total. The van der Waals surface area contributed by atoms with Gasteiger partial charge in [0, 0.05) is 26.1 Å². The lowest BCUT2D eigenvalue weighted by molar-refractivity contribution is -0.121. The first-order valence-electron chi connectivity index (χ1n) is 10.4. The van der Waals surface area contributed by atoms with Crippen molar-refractivity contribution in [2.45, 2.75) is 58.5 Å². The number of aromatic nitrogens is 2. The molecule has 1 aromatic heterocycles. The minimum atomic E-state index is -0.0176. The van der Waals surface area contributed by atoms with Gasteiger partial charge in [0.1, 0.15) is 0 Å². The predicted octanol–water partition coefficient (Wildman–Crippen LogP) is 2.60. The standard InChI is InChI=1S/C21H32N4O2/c1-2-13-24-18-9-4-5-10-19(18)25(21(24)27)17-11-20(26)22-12-8-16-23-14-6-3-7-15-23/h4-5,9-10H,2-3,6-8,11-17H2,1H3,(H,22,26). The van der Waals surface area contributed by atoms with Crippen LogP contribution in [0.2, 0.25) is 0 Å².